The zero-order valence-corrected chi connectivity index (χ0v) is 22.2. The van der Waals surface area contributed by atoms with Crippen molar-refractivity contribution in [3.05, 3.63) is 69.7 Å². The predicted molar refractivity (Wildman–Crippen MR) is 135 cm³/mol. The summed E-state index contributed by atoms with van der Waals surface area (Å²) in [4.78, 5) is 43.5. The average Bonchev–Trinajstić information content (AvgIpc) is 2.90. The standard InChI is InChI=1S/C26H26ClF6N5O3/c27-19-4-2-1-3-16(19)13-36-14-21-37(8-6-22(39)38(21)20(5-7-34)23(36)40)24(41)35-12-15-9-17(25(28,29)30)11-18(10-15)26(31,32)33/h1-4,9-11,20-21H,5-8,12-14,34H2,(H,35,41)/t20-,21+/m0/s1. The molecule has 0 aliphatic carbocycles. The molecule has 222 valence electrons. The highest BCUT2D eigenvalue weighted by molar-refractivity contribution is 6.31. The maximum Gasteiger partial charge on any atom is 0.416 e. The Balaban J connectivity index is 1.58. The van der Waals surface area contributed by atoms with Gasteiger partial charge in [0.1, 0.15) is 12.2 Å². The van der Waals surface area contributed by atoms with Crippen molar-refractivity contribution in [3.8, 4) is 0 Å². The van der Waals surface area contributed by atoms with Crippen molar-refractivity contribution >= 4 is 29.4 Å². The third kappa shape index (κ3) is 6.70. The van der Waals surface area contributed by atoms with Crippen LogP contribution in [0.1, 0.15) is 35.1 Å². The Morgan fingerprint density at radius 3 is 2.24 bits per heavy atom. The van der Waals surface area contributed by atoms with E-state index in [2.05, 4.69) is 5.32 Å². The second-order valence-corrected chi connectivity index (χ2v) is 10.1. The molecule has 4 rings (SSSR count). The SMILES string of the molecule is NCC[C@H]1C(=O)N(Cc2ccccc2Cl)C[C@@H]2N(C(=O)NCc3cc(C(F)(F)F)cc(C(F)(F)F)c3)CCC(=O)N21. The van der Waals surface area contributed by atoms with E-state index in [9.17, 15) is 40.7 Å². The van der Waals surface area contributed by atoms with Crippen LogP contribution >= 0.6 is 11.6 Å². The molecule has 2 fully saturated rings. The van der Waals surface area contributed by atoms with Crippen molar-refractivity contribution in [2.75, 3.05) is 19.6 Å². The molecule has 2 heterocycles. The third-order valence-corrected chi connectivity index (χ3v) is 7.33. The largest absolute Gasteiger partial charge is 0.416 e. The van der Waals surface area contributed by atoms with Gasteiger partial charge in [0.15, 0.2) is 0 Å². The summed E-state index contributed by atoms with van der Waals surface area (Å²) in [5, 5.41) is 2.78. The van der Waals surface area contributed by atoms with Crippen LogP contribution in [0.3, 0.4) is 0 Å². The third-order valence-electron chi connectivity index (χ3n) is 6.96. The van der Waals surface area contributed by atoms with Crippen LogP contribution in [0.5, 0.6) is 0 Å². The van der Waals surface area contributed by atoms with E-state index in [4.69, 9.17) is 17.3 Å². The summed E-state index contributed by atoms with van der Waals surface area (Å²) in [7, 11) is 0. The summed E-state index contributed by atoms with van der Waals surface area (Å²) in [6.45, 7) is -0.663. The monoisotopic (exact) mass is 605 g/mol. The number of piperazine rings is 1. The Labute approximate surface area is 236 Å². The van der Waals surface area contributed by atoms with E-state index in [1.165, 1.54) is 14.7 Å². The molecule has 2 atom stereocenters. The van der Waals surface area contributed by atoms with Gasteiger partial charge < -0.3 is 25.8 Å². The van der Waals surface area contributed by atoms with Gasteiger partial charge in [-0.3, -0.25) is 9.59 Å². The zero-order valence-electron chi connectivity index (χ0n) is 21.4. The first-order valence-corrected chi connectivity index (χ1v) is 12.9. The fourth-order valence-corrected chi connectivity index (χ4v) is 5.22. The van der Waals surface area contributed by atoms with E-state index in [0.29, 0.717) is 22.7 Å². The van der Waals surface area contributed by atoms with Gasteiger partial charge in [-0.1, -0.05) is 29.8 Å². The van der Waals surface area contributed by atoms with Gasteiger partial charge in [-0.2, -0.15) is 26.3 Å². The van der Waals surface area contributed by atoms with E-state index in [-0.39, 0.29) is 56.9 Å². The zero-order chi connectivity index (χ0) is 30.1. The van der Waals surface area contributed by atoms with Crippen molar-refractivity contribution in [2.24, 2.45) is 5.73 Å². The fraction of sp³-hybridized carbons (Fsp3) is 0.423. The Bertz CT molecular complexity index is 1290. The number of urea groups is 1. The molecule has 2 aromatic carbocycles. The number of fused-ring (bicyclic) bond motifs is 1. The maximum absolute atomic E-state index is 13.4. The lowest BCUT2D eigenvalue weighted by atomic mass is 10.0. The van der Waals surface area contributed by atoms with Gasteiger partial charge in [-0.25, -0.2) is 4.79 Å². The summed E-state index contributed by atoms with van der Waals surface area (Å²) >= 11 is 6.27. The number of hydrogen-bond acceptors (Lipinski definition) is 4. The summed E-state index contributed by atoms with van der Waals surface area (Å²) in [6.07, 6.45) is -11.0. The van der Waals surface area contributed by atoms with Gasteiger partial charge in [-0.05, 0) is 48.4 Å². The first kappa shape index (κ1) is 30.4. The fourth-order valence-electron chi connectivity index (χ4n) is 5.03. The van der Waals surface area contributed by atoms with Gasteiger partial charge >= 0.3 is 18.4 Å². The number of nitrogens with zero attached hydrogens (tertiary/aromatic N) is 3. The van der Waals surface area contributed by atoms with Crippen LogP contribution in [0.15, 0.2) is 42.5 Å². The molecule has 3 N–H and O–H groups in total. The molecule has 2 saturated heterocycles. The van der Waals surface area contributed by atoms with Crippen molar-refractivity contribution in [3.63, 3.8) is 0 Å². The molecule has 0 bridgehead atoms. The molecule has 2 aromatic rings. The quantitative estimate of drug-likeness (QED) is 0.482. The van der Waals surface area contributed by atoms with Gasteiger partial charge in [0.2, 0.25) is 11.8 Å². The maximum atomic E-state index is 13.4. The molecule has 4 amide bonds. The summed E-state index contributed by atoms with van der Waals surface area (Å²) < 4.78 is 79.5. The lowest BCUT2D eigenvalue weighted by Crippen LogP contribution is -2.72. The number of carbonyl (C=O) groups excluding carboxylic acids is 3. The number of halogens is 7. The molecule has 0 saturated carbocycles. The molecule has 41 heavy (non-hydrogen) atoms. The summed E-state index contributed by atoms with van der Waals surface area (Å²) in [6, 6.07) is 6.10. The molecule has 15 heteroatoms. The van der Waals surface area contributed by atoms with Crippen LogP contribution < -0.4 is 11.1 Å². The Kier molecular flexibility index (Phi) is 8.73. The number of amides is 4. The number of benzene rings is 2. The van der Waals surface area contributed by atoms with E-state index in [0.717, 1.165) is 0 Å². The first-order chi connectivity index (χ1) is 19.2. The minimum absolute atomic E-state index is 0.00362. The Morgan fingerprint density at radius 2 is 1.66 bits per heavy atom. The molecule has 0 spiro atoms. The number of nitrogens with two attached hydrogens (primary N) is 1. The molecule has 0 unspecified atom stereocenters. The van der Waals surface area contributed by atoms with Gasteiger partial charge in [-0.15, -0.1) is 0 Å². The number of alkyl halides is 6. The molecule has 2 aliphatic rings. The number of rotatable bonds is 6. The van der Waals surface area contributed by atoms with Gasteiger partial charge in [0.25, 0.3) is 0 Å². The van der Waals surface area contributed by atoms with E-state index in [1.54, 1.807) is 24.3 Å². The Morgan fingerprint density at radius 1 is 1.02 bits per heavy atom. The molecular weight excluding hydrogens is 580 g/mol. The number of hydrogen-bond donors (Lipinski definition) is 2. The molecule has 0 aromatic heterocycles. The van der Waals surface area contributed by atoms with Crippen LogP contribution in [0.2, 0.25) is 5.02 Å². The summed E-state index contributed by atoms with van der Waals surface area (Å²) in [5.74, 6) is -0.762. The smallest absolute Gasteiger partial charge is 0.334 e. The molecule has 2 aliphatic heterocycles. The number of nitrogens with one attached hydrogen (secondary N) is 1. The van der Waals surface area contributed by atoms with Crippen LogP contribution in [0, 0.1) is 0 Å². The minimum atomic E-state index is -5.04. The van der Waals surface area contributed by atoms with Crippen molar-refractivity contribution in [1.82, 2.24) is 20.0 Å². The van der Waals surface area contributed by atoms with E-state index < -0.39 is 53.8 Å². The van der Waals surface area contributed by atoms with Crippen LogP contribution in [0.25, 0.3) is 0 Å². The summed E-state index contributed by atoms with van der Waals surface area (Å²) in [5.41, 5.74) is 2.93. The van der Waals surface area contributed by atoms with Crippen LogP contribution in [0.4, 0.5) is 31.1 Å². The van der Waals surface area contributed by atoms with E-state index >= 15 is 0 Å². The highest BCUT2D eigenvalue weighted by Crippen LogP contribution is 2.36. The van der Waals surface area contributed by atoms with Crippen molar-refractivity contribution < 1.29 is 40.7 Å². The van der Waals surface area contributed by atoms with Crippen LogP contribution in [-0.4, -0.2) is 64.4 Å². The van der Waals surface area contributed by atoms with Gasteiger partial charge in [0, 0.05) is 31.1 Å². The second-order valence-electron chi connectivity index (χ2n) is 9.70. The van der Waals surface area contributed by atoms with Crippen molar-refractivity contribution in [1.29, 1.82) is 0 Å². The molecular formula is C26H26ClF6N5O3. The van der Waals surface area contributed by atoms with Crippen LogP contribution in [-0.2, 0) is 35.0 Å². The molecule has 8 nitrogen and oxygen atoms in total. The minimum Gasteiger partial charge on any atom is -0.334 e. The predicted octanol–water partition coefficient (Wildman–Crippen LogP) is 4.21. The Hall–Kier alpha value is -3.52. The normalized spacial score (nSPS) is 19.9. The first-order valence-electron chi connectivity index (χ1n) is 12.6. The second kappa shape index (κ2) is 11.8. The molecule has 0 radical (unpaired) electrons. The van der Waals surface area contributed by atoms with E-state index in [1.807, 2.05) is 0 Å². The highest BCUT2D eigenvalue weighted by atomic mass is 35.5. The lowest BCUT2D eigenvalue weighted by molar-refractivity contribution is -0.167. The average molecular weight is 606 g/mol. The van der Waals surface area contributed by atoms with Crippen molar-refractivity contribution in [2.45, 2.75) is 50.5 Å². The van der Waals surface area contributed by atoms with Gasteiger partial charge in [0.05, 0.1) is 17.7 Å². The lowest BCUT2D eigenvalue weighted by Gasteiger charge is -2.52. The topological polar surface area (TPSA) is 99.0 Å². The highest BCUT2D eigenvalue weighted by Gasteiger charge is 2.48. The number of carbonyl (C=O) groups is 3.